The molecule has 2 rings (SSSR count). The maximum Gasteiger partial charge on any atom is 0.244 e. The van der Waals surface area contributed by atoms with E-state index in [1.807, 2.05) is 0 Å². The number of ether oxygens (including phenoxy) is 2. The van der Waals surface area contributed by atoms with E-state index in [0.717, 1.165) is 0 Å². The first-order chi connectivity index (χ1) is 8.97. The van der Waals surface area contributed by atoms with Crippen LogP contribution in [0, 0.1) is 0 Å². The zero-order valence-corrected chi connectivity index (χ0v) is 11.4. The number of para-hydroxylation sites is 1. The molecule has 0 saturated carbocycles. The van der Waals surface area contributed by atoms with Crippen molar-refractivity contribution in [1.82, 2.24) is 4.72 Å². The molecule has 0 spiro atoms. The third-order valence-corrected chi connectivity index (χ3v) is 4.47. The number of hydrogen-bond acceptors (Lipinski definition) is 5. The Balaban J connectivity index is 2.14. The van der Waals surface area contributed by atoms with Gasteiger partial charge in [-0.1, -0.05) is 12.1 Å². The van der Waals surface area contributed by atoms with Gasteiger partial charge in [0.05, 0.1) is 13.7 Å². The van der Waals surface area contributed by atoms with Crippen LogP contribution in [0.2, 0.25) is 0 Å². The molecule has 1 heterocycles. The predicted molar refractivity (Wildman–Crippen MR) is 68.6 cm³/mol. The molecular weight excluding hydrogens is 270 g/mol. The molecule has 1 aromatic rings. The topological polar surface area (TPSA) is 84.9 Å². The Morgan fingerprint density at radius 2 is 2.21 bits per heavy atom. The molecule has 1 saturated heterocycles. The Labute approximate surface area is 112 Å². The van der Waals surface area contributed by atoms with Crippen LogP contribution in [0.25, 0.3) is 0 Å². The molecule has 0 unspecified atom stereocenters. The maximum absolute atomic E-state index is 12.2. The van der Waals surface area contributed by atoms with E-state index in [0.29, 0.717) is 13.0 Å². The molecular formula is C12H17NO5S. The van der Waals surface area contributed by atoms with Gasteiger partial charge in [-0.3, -0.25) is 0 Å². The molecule has 2 N–H and O–H groups in total. The predicted octanol–water partition coefficient (Wildman–Crippen LogP) is 0.125. The second-order valence-corrected chi connectivity index (χ2v) is 6.24. The number of methoxy groups -OCH3 is 1. The number of aliphatic hydroxyl groups is 1. The fourth-order valence-corrected chi connectivity index (χ4v) is 3.17. The van der Waals surface area contributed by atoms with E-state index in [9.17, 15) is 13.5 Å². The molecule has 6 nitrogen and oxygen atoms in total. The van der Waals surface area contributed by atoms with Crippen molar-refractivity contribution < 1.29 is 23.0 Å². The van der Waals surface area contributed by atoms with Gasteiger partial charge in [0.25, 0.3) is 0 Å². The van der Waals surface area contributed by atoms with E-state index in [-0.39, 0.29) is 23.8 Å². The molecule has 0 amide bonds. The van der Waals surface area contributed by atoms with Crippen molar-refractivity contribution in [2.45, 2.75) is 16.9 Å². The first-order valence-electron chi connectivity index (χ1n) is 5.90. The van der Waals surface area contributed by atoms with Crippen LogP contribution in [-0.2, 0) is 14.8 Å². The average Bonchev–Trinajstić information content (AvgIpc) is 2.84. The van der Waals surface area contributed by atoms with E-state index in [1.165, 1.54) is 13.2 Å². The highest BCUT2D eigenvalue weighted by molar-refractivity contribution is 7.89. The minimum atomic E-state index is -3.72. The summed E-state index contributed by atoms with van der Waals surface area (Å²) in [5, 5.41) is 10.0. The minimum absolute atomic E-state index is 0.0556. The lowest BCUT2D eigenvalue weighted by Crippen LogP contribution is -2.43. The lowest BCUT2D eigenvalue weighted by atomic mass is 10.1. The van der Waals surface area contributed by atoms with Gasteiger partial charge in [0, 0.05) is 19.6 Å². The molecule has 0 aromatic heterocycles. The summed E-state index contributed by atoms with van der Waals surface area (Å²) in [5.41, 5.74) is -1.13. The molecule has 7 heteroatoms. The Bertz CT molecular complexity index is 537. The van der Waals surface area contributed by atoms with Gasteiger partial charge >= 0.3 is 0 Å². The van der Waals surface area contributed by atoms with Crippen LogP contribution >= 0.6 is 0 Å². The van der Waals surface area contributed by atoms with Gasteiger partial charge in [-0.05, 0) is 12.1 Å². The first kappa shape index (κ1) is 14.3. The summed E-state index contributed by atoms with van der Waals surface area (Å²) in [6, 6.07) is 6.33. The van der Waals surface area contributed by atoms with Crippen LogP contribution < -0.4 is 9.46 Å². The normalized spacial score (nSPS) is 23.5. The number of sulfonamides is 1. The van der Waals surface area contributed by atoms with Crippen LogP contribution in [0.1, 0.15) is 6.42 Å². The van der Waals surface area contributed by atoms with E-state index in [2.05, 4.69) is 4.72 Å². The maximum atomic E-state index is 12.2. The van der Waals surface area contributed by atoms with Crippen LogP contribution in [0.5, 0.6) is 5.75 Å². The summed E-state index contributed by atoms with van der Waals surface area (Å²) in [6.45, 7) is 0.502. The Kier molecular flexibility index (Phi) is 4.10. The molecule has 1 atom stereocenters. The van der Waals surface area contributed by atoms with Gasteiger partial charge in [0.1, 0.15) is 16.2 Å². The van der Waals surface area contributed by atoms with Crippen molar-refractivity contribution in [1.29, 1.82) is 0 Å². The summed E-state index contributed by atoms with van der Waals surface area (Å²) in [6.07, 6.45) is 0.418. The smallest absolute Gasteiger partial charge is 0.244 e. The van der Waals surface area contributed by atoms with Gasteiger partial charge < -0.3 is 14.6 Å². The second kappa shape index (κ2) is 5.46. The molecule has 0 bridgehead atoms. The quantitative estimate of drug-likeness (QED) is 0.804. The minimum Gasteiger partial charge on any atom is -0.495 e. The Morgan fingerprint density at radius 3 is 2.84 bits per heavy atom. The van der Waals surface area contributed by atoms with Crippen molar-refractivity contribution in [3.8, 4) is 5.75 Å². The van der Waals surface area contributed by atoms with Gasteiger partial charge in [-0.25, -0.2) is 13.1 Å². The third-order valence-electron chi connectivity index (χ3n) is 3.03. The lowest BCUT2D eigenvalue weighted by Gasteiger charge is -2.21. The highest BCUT2D eigenvalue weighted by atomic mass is 32.2. The SMILES string of the molecule is COc1ccccc1S(=O)(=O)NC[C@@]1(O)CCOC1. The van der Waals surface area contributed by atoms with E-state index in [1.54, 1.807) is 18.2 Å². The zero-order valence-electron chi connectivity index (χ0n) is 10.6. The molecule has 1 aliphatic heterocycles. The van der Waals surface area contributed by atoms with Gasteiger partial charge in [-0.15, -0.1) is 0 Å². The number of nitrogens with one attached hydrogen (secondary N) is 1. The zero-order chi connectivity index (χ0) is 13.9. The molecule has 0 aliphatic carbocycles. The van der Waals surface area contributed by atoms with Crippen LogP contribution in [0.15, 0.2) is 29.2 Å². The van der Waals surface area contributed by atoms with Crippen molar-refractivity contribution in [2.24, 2.45) is 0 Å². The van der Waals surface area contributed by atoms with Crippen molar-refractivity contribution in [3.05, 3.63) is 24.3 Å². The number of rotatable bonds is 5. The molecule has 1 fully saturated rings. The molecule has 1 aromatic carbocycles. The van der Waals surface area contributed by atoms with Gasteiger partial charge in [0.2, 0.25) is 10.0 Å². The summed E-state index contributed by atoms with van der Waals surface area (Å²) >= 11 is 0. The van der Waals surface area contributed by atoms with Gasteiger partial charge in [0.15, 0.2) is 0 Å². The van der Waals surface area contributed by atoms with Crippen LogP contribution in [-0.4, -0.2) is 46.0 Å². The number of benzene rings is 1. The summed E-state index contributed by atoms with van der Waals surface area (Å²) < 4.78 is 36.8. The third kappa shape index (κ3) is 3.24. The van der Waals surface area contributed by atoms with Gasteiger partial charge in [-0.2, -0.15) is 0 Å². The van der Waals surface area contributed by atoms with Crippen LogP contribution in [0.3, 0.4) is 0 Å². The fraction of sp³-hybridized carbons (Fsp3) is 0.500. The monoisotopic (exact) mass is 287 g/mol. The molecule has 19 heavy (non-hydrogen) atoms. The molecule has 106 valence electrons. The lowest BCUT2D eigenvalue weighted by molar-refractivity contribution is 0.0314. The number of hydrogen-bond donors (Lipinski definition) is 2. The van der Waals surface area contributed by atoms with Crippen molar-refractivity contribution >= 4 is 10.0 Å². The Hall–Kier alpha value is -1.15. The Morgan fingerprint density at radius 1 is 1.47 bits per heavy atom. The largest absolute Gasteiger partial charge is 0.495 e. The van der Waals surface area contributed by atoms with E-state index < -0.39 is 15.6 Å². The molecule has 1 aliphatic rings. The second-order valence-electron chi connectivity index (χ2n) is 4.50. The highest BCUT2D eigenvalue weighted by Crippen LogP contribution is 2.23. The van der Waals surface area contributed by atoms with Crippen LogP contribution in [0.4, 0.5) is 0 Å². The summed E-state index contributed by atoms with van der Waals surface area (Å²) in [7, 11) is -2.31. The average molecular weight is 287 g/mol. The van der Waals surface area contributed by atoms with Crippen molar-refractivity contribution in [3.63, 3.8) is 0 Å². The summed E-state index contributed by atoms with van der Waals surface area (Å²) in [5.74, 6) is 0.268. The van der Waals surface area contributed by atoms with E-state index >= 15 is 0 Å². The standard InChI is InChI=1S/C12H17NO5S/c1-17-10-4-2-3-5-11(10)19(15,16)13-8-12(14)6-7-18-9-12/h2-5,13-14H,6-9H2,1H3/t12-/m0/s1. The summed E-state index contributed by atoms with van der Waals surface area (Å²) in [4.78, 5) is 0.0556. The first-order valence-corrected chi connectivity index (χ1v) is 7.38. The van der Waals surface area contributed by atoms with Crippen molar-refractivity contribution in [2.75, 3.05) is 26.9 Å². The van der Waals surface area contributed by atoms with E-state index in [4.69, 9.17) is 9.47 Å². The molecule has 0 radical (unpaired) electrons. The fourth-order valence-electron chi connectivity index (χ4n) is 1.88. The highest BCUT2D eigenvalue weighted by Gasteiger charge is 2.34.